The molecule has 23 heavy (non-hydrogen) atoms. The standard InChI is InChI=1S/C14H26N4O4S/c1-11(2)15-13(20)17-5-6-18(23(4,21)22)10-14(9-17)7-12(19)16(3)8-14/h11H,5-10H2,1-4H3,(H,15,20)/t14-/m1/s1. The highest BCUT2D eigenvalue weighted by Crippen LogP contribution is 2.35. The molecule has 132 valence electrons. The average Bonchev–Trinajstić information content (AvgIpc) is 2.57. The number of nitrogens with zero attached hydrogens (tertiary/aromatic N) is 3. The maximum atomic E-state index is 12.4. The first-order chi connectivity index (χ1) is 10.5. The highest BCUT2D eigenvalue weighted by molar-refractivity contribution is 7.88. The lowest BCUT2D eigenvalue weighted by atomic mass is 9.86. The van der Waals surface area contributed by atoms with Crippen LogP contribution in [0.4, 0.5) is 4.79 Å². The van der Waals surface area contributed by atoms with Gasteiger partial charge >= 0.3 is 6.03 Å². The summed E-state index contributed by atoms with van der Waals surface area (Å²) in [6, 6.07) is -0.211. The van der Waals surface area contributed by atoms with Crippen LogP contribution < -0.4 is 5.32 Å². The molecule has 1 atom stereocenters. The minimum Gasteiger partial charge on any atom is -0.345 e. The van der Waals surface area contributed by atoms with E-state index in [0.29, 0.717) is 19.6 Å². The lowest BCUT2D eigenvalue weighted by Crippen LogP contribution is -2.48. The van der Waals surface area contributed by atoms with Gasteiger partial charge in [-0.3, -0.25) is 4.79 Å². The predicted octanol–water partition coefficient (Wildman–Crippen LogP) is -0.470. The van der Waals surface area contributed by atoms with Crippen LogP contribution in [0.3, 0.4) is 0 Å². The van der Waals surface area contributed by atoms with Crippen LogP contribution in [0.15, 0.2) is 0 Å². The van der Waals surface area contributed by atoms with E-state index in [1.165, 1.54) is 10.6 Å². The molecule has 2 saturated heterocycles. The number of nitrogens with one attached hydrogen (secondary N) is 1. The maximum absolute atomic E-state index is 12.4. The molecule has 3 amide bonds. The fourth-order valence-corrected chi connectivity index (χ4v) is 4.25. The Morgan fingerprint density at radius 3 is 2.35 bits per heavy atom. The van der Waals surface area contributed by atoms with E-state index in [1.807, 2.05) is 13.8 Å². The Kier molecular flexibility index (Phi) is 4.91. The first kappa shape index (κ1) is 18.0. The monoisotopic (exact) mass is 346 g/mol. The predicted molar refractivity (Wildman–Crippen MR) is 86.3 cm³/mol. The molecular formula is C14H26N4O4S. The van der Waals surface area contributed by atoms with E-state index in [4.69, 9.17) is 0 Å². The second-order valence-electron chi connectivity index (χ2n) is 7.05. The second kappa shape index (κ2) is 6.27. The molecule has 0 aromatic rings. The van der Waals surface area contributed by atoms with Crippen LogP contribution in [0.5, 0.6) is 0 Å². The molecule has 0 saturated carbocycles. The van der Waals surface area contributed by atoms with Crippen molar-refractivity contribution in [2.75, 3.05) is 46.0 Å². The van der Waals surface area contributed by atoms with Crippen LogP contribution in [-0.2, 0) is 14.8 Å². The number of carbonyl (C=O) groups is 2. The Labute approximate surface area is 137 Å². The van der Waals surface area contributed by atoms with Crippen LogP contribution in [0.2, 0.25) is 0 Å². The Hall–Kier alpha value is -1.35. The lowest BCUT2D eigenvalue weighted by Gasteiger charge is -2.33. The molecule has 2 rings (SSSR count). The van der Waals surface area contributed by atoms with Crippen molar-refractivity contribution >= 4 is 22.0 Å². The maximum Gasteiger partial charge on any atom is 0.317 e. The molecule has 9 heteroatoms. The van der Waals surface area contributed by atoms with Crippen LogP contribution in [-0.4, -0.2) is 86.5 Å². The number of hydrogen-bond donors (Lipinski definition) is 1. The van der Waals surface area contributed by atoms with E-state index in [0.717, 1.165) is 0 Å². The second-order valence-corrected chi connectivity index (χ2v) is 9.03. The summed E-state index contributed by atoms with van der Waals surface area (Å²) in [4.78, 5) is 27.6. The number of hydrogen-bond acceptors (Lipinski definition) is 4. The number of amides is 3. The van der Waals surface area contributed by atoms with Crippen LogP contribution in [0, 0.1) is 5.41 Å². The minimum absolute atomic E-state index is 0.000553. The van der Waals surface area contributed by atoms with Gasteiger partial charge in [-0.1, -0.05) is 0 Å². The Balaban J connectivity index is 2.27. The zero-order valence-electron chi connectivity index (χ0n) is 14.2. The molecule has 2 heterocycles. The first-order valence-corrected chi connectivity index (χ1v) is 9.62. The third-order valence-corrected chi connectivity index (χ3v) is 5.60. The summed E-state index contributed by atoms with van der Waals surface area (Å²) in [6.07, 6.45) is 1.44. The van der Waals surface area contributed by atoms with Gasteiger partial charge in [0.2, 0.25) is 15.9 Å². The topological polar surface area (TPSA) is 90.0 Å². The van der Waals surface area contributed by atoms with E-state index in [9.17, 15) is 18.0 Å². The van der Waals surface area contributed by atoms with Crippen molar-refractivity contribution in [3.05, 3.63) is 0 Å². The molecule has 0 aromatic carbocycles. The number of likely N-dealkylation sites (tertiary alicyclic amines) is 1. The van der Waals surface area contributed by atoms with Crippen LogP contribution in [0.1, 0.15) is 20.3 Å². The van der Waals surface area contributed by atoms with E-state index in [1.54, 1.807) is 16.8 Å². The average molecular weight is 346 g/mol. The zero-order valence-corrected chi connectivity index (χ0v) is 15.0. The van der Waals surface area contributed by atoms with Crippen molar-refractivity contribution < 1.29 is 18.0 Å². The highest BCUT2D eigenvalue weighted by atomic mass is 32.2. The number of rotatable bonds is 2. The summed E-state index contributed by atoms with van der Waals surface area (Å²) in [5.74, 6) is -0.00966. The molecule has 0 bridgehead atoms. The van der Waals surface area contributed by atoms with Crippen molar-refractivity contribution in [3.8, 4) is 0 Å². The van der Waals surface area contributed by atoms with Gasteiger partial charge in [-0.2, -0.15) is 4.31 Å². The molecule has 8 nitrogen and oxygen atoms in total. The third kappa shape index (κ3) is 4.14. The van der Waals surface area contributed by atoms with Crippen molar-refractivity contribution in [2.45, 2.75) is 26.3 Å². The summed E-state index contributed by atoms with van der Waals surface area (Å²) in [5.41, 5.74) is -0.542. The summed E-state index contributed by atoms with van der Waals surface area (Å²) < 4.78 is 25.4. The van der Waals surface area contributed by atoms with Crippen LogP contribution in [0.25, 0.3) is 0 Å². The SMILES string of the molecule is CC(C)NC(=O)N1CCN(S(C)(=O)=O)C[C@@]2(CC(=O)N(C)C2)C1. The minimum atomic E-state index is -3.37. The van der Waals surface area contributed by atoms with Gasteiger partial charge in [0.05, 0.1) is 6.26 Å². The highest BCUT2D eigenvalue weighted by Gasteiger charge is 2.47. The van der Waals surface area contributed by atoms with Crippen molar-refractivity contribution in [2.24, 2.45) is 5.41 Å². The van der Waals surface area contributed by atoms with E-state index >= 15 is 0 Å². The van der Waals surface area contributed by atoms with E-state index in [2.05, 4.69) is 5.32 Å². The van der Waals surface area contributed by atoms with Crippen molar-refractivity contribution in [1.82, 2.24) is 19.4 Å². The quantitative estimate of drug-likeness (QED) is 0.732. The summed E-state index contributed by atoms with van der Waals surface area (Å²) >= 11 is 0. The summed E-state index contributed by atoms with van der Waals surface area (Å²) in [5, 5.41) is 2.84. The molecule has 2 aliphatic heterocycles. The lowest BCUT2D eigenvalue weighted by molar-refractivity contribution is -0.126. The Bertz CT molecular complexity index is 592. The first-order valence-electron chi connectivity index (χ1n) is 7.77. The molecule has 1 N–H and O–H groups in total. The molecule has 2 aliphatic rings. The van der Waals surface area contributed by atoms with Crippen molar-refractivity contribution in [3.63, 3.8) is 0 Å². The molecule has 0 aromatic heterocycles. The van der Waals surface area contributed by atoms with Gasteiger partial charge in [0, 0.05) is 57.6 Å². The summed E-state index contributed by atoms with van der Waals surface area (Å²) in [7, 11) is -1.66. The number of urea groups is 1. The number of carbonyl (C=O) groups excluding carboxylic acids is 2. The molecule has 1 spiro atoms. The Morgan fingerprint density at radius 1 is 1.22 bits per heavy atom. The molecular weight excluding hydrogens is 320 g/mol. The Morgan fingerprint density at radius 2 is 1.87 bits per heavy atom. The van der Waals surface area contributed by atoms with Gasteiger partial charge in [-0.15, -0.1) is 0 Å². The van der Waals surface area contributed by atoms with Gasteiger partial charge in [0.15, 0.2) is 0 Å². The third-order valence-electron chi connectivity index (χ3n) is 4.35. The van der Waals surface area contributed by atoms with Gasteiger partial charge in [0.25, 0.3) is 0 Å². The van der Waals surface area contributed by atoms with Gasteiger partial charge in [-0.25, -0.2) is 13.2 Å². The van der Waals surface area contributed by atoms with Gasteiger partial charge in [0.1, 0.15) is 0 Å². The van der Waals surface area contributed by atoms with Gasteiger partial charge in [-0.05, 0) is 13.8 Å². The fraction of sp³-hybridized carbons (Fsp3) is 0.857. The van der Waals surface area contributed by atoms with E-state index in [-0.39, 0.29) is 37.5 Å². The van der Waals surface area contributed by atoms with Crippen LogP contribution >= 0.6 is 0 Å². The van der Waals surface area contributed by atoms with Crippen molar-refractivity contribution in [1.29, 1.82) is 0 Å². The normalized spacial score (nSPS) is 26.9. The zero-order chi connectivity index (χ0) is 17.4. The smallest absolute Gasteiger partial charge is 0.317 e. The number of sulfonamides is 1. The molecule has 0 aliphatic carbocycles. The van der Waals surface area contributed by atoms with Gasteiger partial charge < -0.3 is 15.1 Å². The van der Waals surface area contributed by atoms with E-state index < -0.39 is 15.4 Å². The molecule has 0 unspecified atom stereocenters. The molecule has 2 fully saturated rings. The largest absolute Gasteiger partial charge is 0.345 e. The molecule has 0 radical (unpaired) electrons. The summed E-state index contributed by atoms with van der Waals surface area (Å²) in [6.45, 7) is 5.45. The fourth-order valence-electron chi connectivity index (χ4n) is 3.33.